The van der Waals surface area contributed by atoms with Gasteiger partial charge in [-0.25, -0.2) is 9.78 Å². The van der Waals surface area contributed by atoms with E-state index in [4.69, 9.17) is 9.84 Å². The first kappa shape index (κ1) is 22.1. The zero-order valence-electron chi connectivity index (χ0n) is 18.3. The predicted molar refractivity (Wildman–Crippen MR) is 127 cm³/mol. The van der Waals surface area contributed by atoms with Crippen molar-refractivity contribution in [3.8, 4) is 11.1 Å². The van der Waals surface area contributed by atoms with Crippen LogP contribution in [0.2, 0.25) is 0 Å². The number of carboxylic acids is 1. The number of rotatable bonds is 6. The fraction of sp³-hybridized carbons (Fsp3) is 0.280. The number of anilines is 1. The number of nitrogens with one attached hydrogen (secondary N) is 1. The zero-order valence-corrected chi connectivity index (χ0v) is 19.1. The van der Waals surface area contributed by atoms with E-state index in [1.807, 2.05) is 24.3 Å². The van der Waals surface area contributed by atoms with Gasteiger partial charge in [0, 0.05) is 25.4 Å². The largest absolute Gasteiger partial charge is 0.481 e. The van der Waals surface area contributed by atoms with Gasteiger partial charge in [-0.15, -0.1) is 0 Å². The summed E-state index contributed by atoms with van der Waals surface area (Å²) in [5.41, 5.74) is 4.57. The van der Waals surface area contributed by atoms with Crippen molar-refractivity contribution in [2.75, 3.05) is 25.0 Å². The van der Waals surface area contributed by atoms with Crippen LogP contribution in [0.15, 0.2) is 54.7 Å². The number of likely N-dealkylation sites (tertiary alicyclic amines) is 1. The first-order valence-corrected chi connectivity index (χ1v) is 11.9. The Kier molecular flexibility index (Phi) is 6.02. The molecule has 2 aliphatic rings. The summed E-state index contributed by atoms with van der Waals surface area (Å²) in [5, 5.41) is 11.8. The molecule has 34 heavy (non-hydrogen) atoms. The molecule has 0 spiro atoms. The molecule has 1 aromatic heterocycles. The number of aromatic nitrogens is 1. The molecule has 0 saturated carbocycles. The van der Waals surface area contributed by atoms with Gasteiger partial charge in [-0.1, -0.05) is 59.9 Å². The Morgan fingerprint density at radius 1 is 1.09 bits per heavy atom. The molecule has 2 N–H and O–H groups in total. The lowest BCUT2D eigenvalue weighted by molar-refractivity contribution is -0.138. The van der Waals surface area contributed by atoms with Crippen LogP contribution in [-0.4, -0.2) is 52.7 Å². The number of aliphatic carboxylic acids is 1. The van der Waals surface area contributed by atoms with Crippen molar-refractivity contribution in [3.05, 3.63) is 70.7 Å². The van der Waals surface area contributed by atoms with Crippen LogP contribution in [0.3, 0.4) is 0 Å². The maximum atomic E-state index is 12.7. The van der Waals surface area contributed by atoms with Gasteiger partial charge in [0.25, 0.3) is 5.91 Å². The summed E-state index contributed by atoms with van der Waals surface area (Å²) < 4.78 is 5.53. The smallest absolute Gasteiger partial charge is 0.413 e. The molecule has 1 unspecified atom stereocenters. The molecular weight excluding hydrogens is 454 g/mol. The summed E-state index contributed by atoms with van der Waals surface area (Å²) in [6, 6.07) is 16.2. The standard InChI is InChI=1S/C25H23N3O5S/c29-22(30)11-15-9-10-28(13-15)23(31)21-12-26-24(34-21)27-25(32)33-14-20-18-7-3-1-5-16(18)17-6-2-4-8-19(17)20/h1-8,12,15,20H,9-11,13-14H2,(H,29,30)(H,26,27,32). The van der Waals surface area contributed by atoms with Gasteiger partial charge in [0.1, 0.15) is 11.5 Å². The molecule has 3 aromatic rings. The van der Waals surface area contributed by atoms with Crippen LogP contribution in [0.1, 0.15) is 39.6 Å². The summed E-state index contributed by atoms with van der Waals surface area (Å²) in [4.78, 5) is 42.2. The van der Waals surface area contributed by atoms with Crippen molar-refractivity contribution in [3.63, 3.8) is 0 Å². The van der Waals surface area contributed by atoms with Crippen molar-refractivity contribution in [1.29, 1.82) is 0 Å². The number of ether oxygens (including phenoxy) is 1. The molecule has 174 valence electrons. The van der Waals surface area contributed by atoms with Crippen LogP contribution >= 0.6 is 11.3 Å². The highest BCUT2D eigenvalue weighted by Crippen LogP contribution is 2.44. The molecule has 5 rings (SSSR count). The van der Waals surface area contributed by atoms with Gasteiger partial charge < -0.3 is 14.7 Å². The first-order chi connectivity index (χ1) is 16.5. The second kappa shape index (κ2) is 9.26. The van der Waals surface area contributed by atoms with Gasteiger partial charge in [-0.2, -0.15) is 0 Å². The lowest BCUT2D eigenvalue weighted by atomic mass is 9.98. The second-order valence-corrected chi connectivity index (χ2v) is 9.51. The second-order valence-electron chi connectivity index (χ2n) is 8.48. The molecular formula is C25H23N3O5S. The van der Waals surface area contributed by atoms with Crippen molar-refractivity contribution < 1.29 is 24.2 Å². The molecule has 0 radical (unpaired) electrons. The van der Waals surface area contributed by atoms with Crippen LogP contribution in [0.25, 0.3) is 11.1 Å². The predicted octanol–water partition coefficient (Wildman–Crippen LogP) is 4.44. The highest BCUT2D eigenvalue weighted by atomic mass is 32.1. The van der Waals surface area contributed by atoms with E-state index in [-0.39, 0.29) is 35.9 Å². The molecule has 2 amide bonds. The van der Waals surface area contributed by atoms with Gasteiger partial charge in [0.05, 0.1) is 6.20 Å². The van der Waals surface area contributed by atoms with Crippen molar-refractivity contribution in [1.82, 2.24) is 9.88 Å². The van der Waals surface area contributed by atoms with E-state index >= 15 is 0 Å². The van der Waals surface area contributed by atoms with Gasteiger partial charge in [0.15, 0.2) is 5.13 Å². The lowest BCUT2D eigenvalue weighted by Crippen LogP contribution is -2.28. The SMILES string of the molecule is O=C(O)CC1CCN(C(=O)c2cnc(NC(=O)OCC3c4ccccc4-c4ccccc43)s2)C1. The van der Waals surface area contributed by atoms with Gasteiger partial charge in [0.2, 0.25) is 0 Å². The molecule has 8 nitrogen and oxygen atoms in total. The average Bonchev–Trinajstić information content (AvgIpc) is 3.55. The third-order valence-corrected chi connectivity index (χ3v) is 7.21. The Labute approximate surface area is 200 Å². The van der Waals surface area contributed by atoms with Crippen molar-refractivity contribution in [2.45, 2.75) is 18.8 Å². The number of fused-ring (bicyclic) bond motifs is 3. The third kappa shape index (κ3) is 4.38. The molecule has 2 aromatic carbocycles. The fourth-order valence-electron chi connectivity index (χ4n) is 4.74. The van der Waals surface area contributed by atoms with Crippen LogP contribution in [0, 0.1) is 5.92 Å². The summed E-state index contributed by atoms with van der Waals surface area (Å²) in [5.74, 6) is -1.13. The summed E-state index contributed by atoms with van der Waals surface area (Å²) in [6.07, 6.45) is 1.53. The fourth-order valence-corrected chi connectivity index (χ4v) is 5.51. The molecule has 0 bridgehead atoms. The van der Waals surface area contributed by atoms with E-state index < -0.39 is 12.1 Å². The Hall–Kier alpha value is -3.72. The van der Waals surface area contributed by atoms with Crippen LogP contribution in [0.4, 0.5) is 9.93 Å². The van der Waals surface area contributed by atoms with Crippen molar-refractivity contribution in [2.24, 2.45) is 5.92 Å². The normalized spacial score (nSPS) is 16.7. The maximum Gasteiger partial charge on any atom is 0.413 e. The first-order valence-electron chi connectivity index (χ1n) is 11.1. The summed E-state index contributed by atoms with van der Waals surface area (Å²) >= 11 is 1.08. The topological polar surface area (TPSA) is 109 Å². The maximum absolute atomic E-state index is 12.7. The minimum Gasteiger partial charge on any atom is -0.481 e. The Bertz CT molecular complexity index is 1210. The number of carbonyl (C=O) groups is 3. The van der Waals surface area contributed by atoms with Crippen LogP contribution in [0.5, 0.6) is 0 Å². The molecule has 1 atom stereocenters. The minimum atomic E-state index is -0.855. The number of hydrogen-bond acceptors (Lipinski definition) is 6. The number of amides is 2. The van der Waals surface area contributed by atoms with E-state index in [9.17, 15) is 14.4 Å². The average molecular weight is 478 g/mol. The lowest BCUT2D eigenvalue weighted by Gasteiger charge is -2.14. The quantitative estimate of drug-likeness (QED) is 0.543. The summed E-state index contributed by atoms with van der Waals surface area (Å²) in [6.45, 7) is 1.12. The molecule has 1 fully saturated rings. The van der Waals surface area contributed by atoms with Crippen molar-refractivity contribution >= 4 is 34.4 Å². The summed E-state index contributed by atoms with van der Waals surface area (Å²) in [7, 11) is 0. The Morgan fingerprint density at radius 3 is 2.44 bits per heavy atom. The van der Waals surface area contributed by atoms with Crippen LogP contribution < -0.4 is 5.32 Å². The van der Waals surface area contributed by atoms with E-state index in [0.717, 1.165) is 33.6 Å². The highest BCUT2D eigenvalue weighted by Gasteiger charge is 2.30. The zero-order chi connectivity index (χ0) is 23.7. The Morgan fingerprint density at radius 2 is 1.76 bits per heavy atom. The van der Waals surface area contributed by atoms with Gasteiger partial charge >= 0.3 is 12.1 Å². The van der Waals surface area contributed by atoms with Gasteiger partial charge in [-0.05, 0) is 34.6 Å². The molecule has 1 aliphatic heterocycles. The van der Waals surface area contributed by atoms with E-state index in [1.165, 1.54) is 6.20 Å². The van der Waals surface area contributed by atoms with E-state index in [2.05, 4.69) is 34.6 Å². The number of hydrogen-bond donors (Lipinski definition) is 2. The third-order valence-electron chi connectivity index (χ3n) is 6.31. The van der Waals surface area contributed by atoms with E-state index in [0.29, 0.717) is 24.4 Å². The highest BCUT2D eigenvalue weighted by molar-refractivity contribution is 7.17. The molecule has 9 heteroatoms. The monoisotopic (exact) mass is 477 g/mol. The van der Waals surface area contributed by atoms with Crippen LogP contribution in [-0.2, 0) is 9.53 Å². The molecule has 1 aliphatic carbocycles. The molecule has 2 heterocycles. The minimum absolute atomic E-state index is 0.0345. The number of nitrogens with zero attached hydrogens (tertiary/aromatic N) is 2. The van der Waals surface area contributed by atoms with E-state index in [1.54, 1.807) is 4.90 Å². The molecule has 1 saturated heterocycles. The number of benzene rings is 2. The van der Waals surface area contributed by atoms with Gasteiger partial charge in [-0.3, -0.25) is 14.9 Å². The Balaban J connectivity index is 1.18. The number of carboxylic acid groups (broad SMARTS) is 1. The number of thiazole rings is 1. The number of carbonyl (C=O) groups excluding carboxylic acids is 2.